The van der Waals surface area contributed by atoms with E-state index in [2.05, 4.69) is 38.2 Å². The number of carbonyl (C=O) groups is 2. The van der Waals surface area contributed by atoms with Crippen molar-refractivity contribution in [3.05, 3.63) is 24.3 Å². The summed E-state index contributed by atoms with van der Waals surface area (Å²) >= 11 is 0. The van der Waals surface area contributed by atoms with Crippen LogP contribution in [0.15, 0.2) is 24.3 Å². The van der Waals surface area contributed by atoms with Crippen molar-refractivity contribution < 1.29 is 49.0 Å². The summed E-state index contributed by atoms with van der Waals surface area (Å²) in [4.78, 5) is 25.4. The number of carbonyl (C=O) groups excluding carboxylic acids is 2. The van der Waals surface area contributed by atoms with Gasteiger partial charge in [0.2, 0.25) is 0 Å². The Hall–Kier alpha value is -1.82. The summed E-state index contributed by atoms with van der Waals surface area (Å²) < 4.78 is 22.2. The van der Waals surface area contributed by atoms with Gasteiger partial charge in [-0.15, -0.1) is 0 Å². The number of ether oxygens (including phenoxy) is 4. The Bertz CT molecular complexity index is 1050. The fraction of sp³-hybridized carbons (Fsp3) is 0.882. The van der Waals surface area contributed by atoms with Crippen LogP contribution >= 0.6 is 0 Å². The SMILES string of the molecule is CCCCC/C=C/C/C=C/CCCCCCCCCCCC(=O)OC[C@@H](CO[C@H]1O[C@@H](CO)[C@@H](O)C(O)C1O)OC(=O)CCCCCCCCCCCCCCCCCCC. The Labute approximate surface area is 373 Å². The largest absolute Gasteiger partial charge is 0.462 e. The molecule has 0 saturated carbocycles. The molecule has 358 valence electrons. The van der Waals surface area contributed by atoms with E-state index in [4.69, 9.17) is 18.9 Å². The second-order valence-corrected chi connectivity index (χ2v) is 17.6. The summed E-state index contributed by atoms with van der Waals surface area (Å²) in [6.45, 7) is 3.43. The molecule has 10 nitrogen and oxygen atoms in total. The normalized spacial score (nSPS) is 19.9. The van der Waals surface area contributed by atoms with Gasteiger partial charge < -0.3 is 39.4 Å². The summed E-state index contributed by atoms with van der Waals surface area (Å²) in [7, 11) is 0. The highest BCUT2D eigenvalue weighted by Crippen LogP contribution is 2.23. The zero-order chi connectivity index (χ0) is 44.4. The number of allylic oxidation sites excluding steroid dienone is 4. The summed E-state index contributed by atoms with van der Waals surface area (Å²) in [6, 6.07) is 0. The van der Waals surface area contributed by atoms with Gasteiger partial charge in [-0.2, -0.15) is 0 Å². The van der Waals surface area contributed by atoms with Crippen molar-refractivity contribution in [2.45, 2.75) is 269 Å². The molecule has 0 radical (unpaired) electrons. The van der Waals surface area contributed by atoms with Crippen molar-refractivity contribution in [2.75, 3.05) is 19.8 Å². The Balaban J connectivity index is 2.26. The number of hydrogen-bond acceptors (Lipinski definition) is 10. The number of unbranched alkanes of at least 4 members (excludes halogenated alkanes) is 28. The van der Waals surface area contributed by atoms with Crippen molar-refractivity contribution in [2.24, 2.45) is 0 Å². The van der Waals surface area contributed by atoms with E-state index >= 15 is 0 Å². The van der Waals surface area contributed by atoms with Crippen molar-refractivity contribution in [1.82, 2.24) is 0 Å². The van der Waals surface area contributed by atoms with Crippen molar-refractivity contribution in [3.63, 3.8) is 0 Å². The maximum absolute atomic E-state index is 12.8. The standard InChI is InChI=1S/C51H94O10/c1-3-5-7-9-11-13-15-17-19-21-22-24-25-27-29-31-33-35-37-39-46(53)58-42-44(43-59-51-50(57)49(56)48(55)45(41-52)61-51)60-47(54)40-38-36-34-32-30-28-26-23-20-18-16-14-12-10-8-6-4-2/h11,13,17,19,44-45,48-52,55-57H,3-10,12,14-16,18,20-43H2,1-2H3/b13-11+,19-17+/t44-,45-,48+,49?,50?,51-/m0/s1. The van der Waals surface area contributed by atoms with Gasteiger partial charge in [-0.1, -0.05) is 199 Å². The average molecular weight is 867 g/mol. The van der Waals surface area contributed by atoms with E-state index in [1.807, 2.05) is 0 Å². The monoisotopic (exact) mass is 867 g/mol. The molecule has 0 aromatic rings. The van der Waals surface area contributed by atoms with Gasteiger partial charge in [0.15, 0.2) is 12.4 Å². The highest BCUT2D eigenvalue weighted by Gasteiger charge is 2.44. The van der Waals surface area contributed by atoms with Gasteiger partial charge in [0.25, 0.3) is 0 Å². The minimum Gasteiger partial charge on any atom is -0.462 e. The number of esters is 2. The topological polar surface area (TPSA) is 152 Å². The summed E-state index contributed by atoms with van der Waals surface area (Å²) in [5, 5.41) is 40.2. The summed E-state index contributed by atoms with van der Waals surface area (Å²) in [5.74, 6) is -0.799. The Morgan fingerprint density at radius 3 is 1.39 bits per heavy atom. The van der Waals surface area contributed by atoms with Crippen LogP contribution < -0.4 is 0 Å². The lowest BCUT2D eigenvalue weighted by Crippen LogP contribution is -2.59. The zero-order valence-electron chi connectivity index (χ0n) is 39.2. The lowest BCUT2D eigenvalue weighted by molar-refractivity contribution is -0.305. The smallest absolute Gasteiger partial charge is 0.306 e. The van der Waals surface area contributed by atoms with Crippen LogP contribution in [0.1, 0.15) is 232 Å². The van der Waals surface area contributed by atoms with Gasteiger partial charge in [-0.3, -0.25) is 9.59 Å². The quantitative estimate of drug-likeness (QED) is 0.0265. The molecule has 0 aromatic carbocycles. The van der Waals surface area contributed by atoms with Crippen LogP contribution in [0.3, 0.4) is 0 Å². The third kappa shape index (κ3) is 33.4. The first-order chi connectivity index (χ1) is 29.8. The van der Waals surface area contributed by atoms with Crippen LogP contribution in [0, 0.1) is 0 Å². The summed E-state index contributed by atoms with van der Waals surface area (Å²) in [6.07, 6.45) is 40.3. The molecule has 0 aromatic heterocycles. The van der Waals surface area contributed by atoms with Crippen molar-refractivity contribution >= 4 is 11.9 Å². The Morgan fingerprint density at radius 1 is 0.508 bits per heavy atom. The maximum atomic E-state index is 12.8. The van der Waals surface area contributed by atoms with Crippen LogP contribution in [0.2, 0.25) is 0 Å². The third-order valence-corrected chi connectivity index (χ3v) is 11.8. The predicted octanol–water partition coefficient (Wildman–Crippen LogP) is 11.7. The molecule has 2 unspecified atom stereocenters. The fourth-order valence-electron chi connectivity index (χ4n) is 7.81. The fourth-order valence-corrected chi connectivity index (χ4v) is 7.81. The van der Waals surface area contributed by atoms with Crippen molar-refractivity contribution in [1.29, 1.82) is 0 Å². The van der Waals surface area contributed by atoms with E-state index in [9.17, 15) is 30.0 Å². The van der Waals surface area contributed by atoms with Crippen molar-refractivity contribution in [3.8, 4) is 0 Å². The molecule has 10 heteroatoms. The molecule has 0 aliphatic carbocycles. The average Bonchev–Trinajstić information content (AvgIpc) is 3.26. The molecule has 1 aliphatic rings. The van der Waals surface area contributed by atoms with Gasteiger partial charge >= 0.3 is 11.9 Å². The Kier molecular flexibility index (Phi) is 39.5. The van der Waals surface area contributed by atoms with Gasteiger partial charge in [0, 0.05) is 12.8 Å². The molecule has 1 aliphatic heterocycles. The van der Waals surface area contributed by atoms with E-state index in [0.717, 1.165) is 57.8 Å². The van der Waals surface area contributed by atoms with E-state index in [1.165, 1.54) is 141 Å². The third-order valence-electron chi connectivity index (χ3n) is 11.8. The lowest BCUT2D eigenvalue weighted by Gasteiger charge is -2.39. The molecule has 0 bridgehead atoms. The molecule has 4 N–H and O–H groups in total. The van der Waals surface area contributed by atoms with E-state index in [0.29, 0.717) is 6.42 Å². The number of aliphatic hydroxyl groups is 4. The molecule has 1 saturated heterocycles. The number of rotatable bonds is 43. The predicted molar refractivity (Wildman–Crippen MR) is 247 cm³/mol. The Morgan fingerprint density at radius 2 is 0.918 bits per heavy atom. The second kappa shape index (κ2) is 42.1. The molecular weight excluding hydrogens is 773 g/mol. The lowest BCUT2D eigenvalue weighted by atomic mass is 9.99. The van der Waals surface area contributed by atoms with Crippen LogP contribution in [0.25, 0.3) is 0 Å². The molecule has 1 heterocycles. The van der Waals surface area contributed by atoms with Gasteiger partial charge in [0.05, 0.1) is 13.2 Å². The molecule has 1 fully saturated rings. The van der Waals surface area contributed by atoms with Gasteiger partial charge in [0.1, 0.15) is 31.0 Å². The van der Waals surface area contributed by atoms with Gasteiger partial charge in [-0.25, -0.2) is 0 Å². The molecule has 0 spiro atoms. The number of aliphatic hydroxyl groups excluding tert-OH is 4. The van der Waals surface area contributed by atoms with E-state index in [-0.39, 0.29) is 32.0 Å². The maximum Gasteiger partial charge on any atom is 0.306 e. The molecule has 6 atom stereocenters. The first-order valence-electron chi connectivity index (χ1n) is 25.4. The molecule has 61 heavy (non-hydrogen) atoms. The van der Waals surface area contributed by atoms with Crippen LogP contribution in [-0.2, 0) is 28.5 Å². The molecular formula is C51H94O10. The van der Waals surface area contributed by atoms with E-state index < -0.39 is 49.4 Å². The first-order valence-corrected chi connectivity index (χ1v) is 25.4. The highest BCUT2D eigenvalue weighted by atomic mass is 16.7. The highest BCUT2D eigenvalue weighted by molar-refractivity contribution is 5.70. The number of hydrogen-bond donors (Lipinski definition) is 4. The summed E-state index contributed by atoms with van der Waals surface area (Å²) in [5.41, 5.74) is 0. The molecule has 0 amide bonds. The van der Waals surface area contributed by atoms with Crippen LogP contribution in [0.4, 0.5) is 0 Å². The first kappa shape index (κ1) is 57.2. The van der Waals surface area contributed by atoms with Gasteiger partial charge in [-0.05, 0) is 44.9 Å². The van der Waals surface area contributed by atoms with E-state index in [1.54, 1.807) is 0 Å². The van der Waals surface area contributed by atoms with Crippen LogP contribution in [-0.4, -0.2) is 89.0 Å². The zero-order valence-corrected chi connectivity index (χ0v) is 39.2. The second-order valence-electron chi connectivity index (χ2n) is 17.6. The minimum absolute atomic E-state index is 0.215. The molecule has 1 rings (SSSR count). The minimum atomic E-state index is -1.59. The van der Waals surface area contributed by atoms with Crippen LogP contribution in [0.5, 0.6) is 0 Å².